The van der Waals surface area contributed by atoms with E-state index < -0.39 is 0 Å². The second-order valence-corrected chi connectivity index (χ2v) is 10.8. The third-order valence-corrected chi connectivity index (χ3v) is 7.08. The molecule has 0 aromatic heterocycles. The number of aryl methyl sites for hydroxylation is 2. The Morgan fingerprint density at radius 2 is 1.21 bits per heavy atom. The lowest BCUT2D eigenvalue weighted by Gasteiger charge is -2.14. The highest BCUT2D eigenvalue weighted by atomic mass is 16.5. The van der Waals surface area contributed by atoms with Crippen molar-refractivity contribution < 1.29 is 9.53 Å². The first kappa shape index (κ1) is 25.5. The van der Waals surface area contributed by atoms with E-state index in [1.165, 1.54) is 84.7 Å². The quantitative estimate of drug-likeness (QED) is 0.256. The second kappa shape index (κ2) is 13.0. The number of benzene rings is 2. The largest absolute Gasteiger partial charge is 0.456 e. The predicted octanol–water partition coefficient (Wildman–Crippen LogP) is 8.40. The molecule has 2 nitrogen and oxygen atoms in total. The molecule has 0 bridgehead atoms. The minimum Gasteiger partial charge on any atom is -0.456 e. The summed E-state index contributed by atoms with van der Waals surface area (Å²) >= 11 is 0. The maximum Gasteiger partial charge on any atom is 0.417 e. The van der Waals surface area contributed by atoms with Crippen LogP contribution in [0.5, 0.6) is 0 Å². The molecule has 2 aromatic carbocycles. The van der Waals surface area contributed by atoms with Crippen molar-refractivity contribution in [2.75, 3.05) is 6.61 Å². The van der Waals surface area contributed by atoms with Gasteiger partial charge in [-0.2, -0.15) is 0 Å². The topological polar surface area (TPSA) is 26.3 Å². The Labute approximate surface area is 202 Å². The zero-order chi connectivity index (χ0) is 23.6. The monoisotopic (exact) mass is 447 g/mol. The summed E-state index contributed by atoms with van der Waals surface area (Å²) < 4.78 is 5.18. The number of fused-ring (bicyclic) bond motifs is 3. The molecule has 1 aliphatic rings. The summed E-state index contributed by atoms with van der Waals surface area (Å²) in [5.74, 6) is 1.71. The van der Waals surface area contributed by atoms with Gasteiger partial charge in [0, 0.05) is 5.92 Å². The molecule has 0 heterocycles. The van der Waals surface area contributed by atoms with Crippen LogP contribution < -0.4 is 0 Å². The lowest BCUT2D eigenvalue weighted by molar-refractivity contribution is 0.268. The van der Waals surface area contributed by atoms with Crippen LogP contribution in [0.2, 0.25) is 0 Å². The fourth-order valence-corrected chi connectivity index (χ4v) is 5.18. The molecule has 1 radical (unpaired) electrons. The Kier molecular flexibility index (Phi) is 10.0. The summed E-state index contributed by atoms with van der Waals surface area (Å²) in [6, 6.07) is 13.9. The van der Waals surface area contributed by atoms with Crippen LogP contribution in [0.1, 0.15) is 107 Å². The first-order chi connectivity index (χ1) is 16.0. The normalized spacial score (nSPS) is 12.9. The lowest BCUT2D eigenvalue weighted by Crippen LogP contribution is -2.07. The fourth-order valence-electron chi connectivity index (χ4n) is 5.18. The summed E-state index contributed by atoms with van der Waals surface area (Å²) in [6.07, 6.45) is 12.6. The average molecular weight is 448 g/mol. The molecule has 0 fully saturated rings. The van der Waals surface area contributed by atoms with Crippen molar-refractivity contribution in [1.29, 1.82) is 0 Å². The van der Waals surface area contributed by atoms with Crippen LogP contribution in [-0.2, 0) is 22.4 Å². The highest BCUT2D eigenvalue weighted by molar-refractivity contribution is 5.79. The zero-order valence-corrected chi connectivity index (χ0v) is 21.3. The van der Waals surface area contributed by atoms with E-state index in [4.69, 9.17) is 4.74 Å². The van der Waals surface area contributed by atoms with E-state index in [9.17, 15) is 4.79 Å². The standard InChI is InChI=1S/C31H43O2/c1-23(2)11-7-5-9-13-25-15-17-27-28-18-16-26(14-10-6-8-12-24(3)4)20-30(28)31(21-33-22-32)29(27)19-25/h15-20,23-24,31H,5-14,21H2,1-4H3. The highest BCUT2D eigenvalue weighted by Crippen LogP contribution is 2.45. The van der Waals surface area contributed by atoms with Gasteiger partial charge in [0.1, 0.15) is 6.61 Å². The molecule has 0 aliphatic heterocycles. The smallest absolute Gasteiger partial charge is 0.417 e. The molecule has 0 saturated carbocycles. The maximum atomic E-state index is 10.9. The van der Waals surface area contributed by atoms with Crippen molar-refractivity contribution in [3.63, 3.8) is 0 Å². The van der Waals surface area contributed by atoms with E-state index >= 15 is 0 Å². The van der Waals surface area contributed by atoms with E-state index in [-0.39, 0.29) is 5.92 Å². The fraction of sp³-hybridized carbons (Fsp3) is 0.581. The molecule has 0 saturated heterocycles. The van der Waals surface area contributed by atoms with Gasteiger partial charge in [0.25, 0.3) is 0 Å². The molecule has 0 spiro atoms. The Morgan fingerprint density at radius 3 is 1.64 bits per heavy atom. The molecule has 179 valence electrons. The van der Waals surface area contributed by atoms with Gasteiger partial charge in [-0.1, -0.05) is 103 Å². The van der Waals surface area contributed by atoms with Crippen molar-refractivity contribution in [3.8, 4) is 11.1 Å². The highest BCUT2D eigenvalue weighted by Gasteiger charge is 2.29. The van der Waals surface area contributed by atoms with Crippen LogP contribution in [0.4, 0.5) is 0 Å². The number of hydrogen-bond acceptors (Lipinski definition) is 2. The van der Waals surface area contributed by atoms with E-state index in [2.05, 4.69) is 64.1 Å². The van der Waals surface area contributed by atoms with Crippen LogP contribution in [0.3, 0.4) is 0 Å². The number of rotatable bonds is 15. The van der Waals surface area contributed by atoms with Crippen molar-refractivity contribution in [3.05, 3.63) is 58.7 Å². The lowest BCUT2D eigenvalue weighted by atomic mass is 9.93. The number of ether oxygens (including phenoxy) is 1. The molecule has 2 heteroatoms. The van der Waals surface area contributed by atoms with E-state index in [0.29, 0.717) is 6.61 Å². The maximum absolute atomic E-state index is 10.9. The molecule has 0 N–H and O–H groups in total. The summed E-state index contributed by atoms with van der Waals surface area (Å²) in [7, 11) is 0. The van der Waals surface area contributed by atoms with Crippen LogP contribution in [0.15, 0.2) is 36.4 Å². The Bertz CT molecular complexity index is 813. The zero-order valence-electron chi connectivity index (χ0n) is 21.3. The van der Waals surface area contributed by atoms with Gasteiger partial charge in [0.05, 0.1) is 0 Å². The molecular formula is C31H43O2. The minimum absolute atomic E-state index is 0.123. The van der Waals surface area contributed by atoms with Crippen LogP contribution >= 0.6 is 0 Å². The third-order valence-electron chi connectivity index (χ3n) is 7.08. The van der Waals surface area contributed by atoms with Gasteiger partial charge in [-0.15, -0.1) is 0 Å². The van der Waals surface area contributed by atoms with Gasteiger partial charge in [0.15, 0.2) is 0 Å². The molecule has 0 amide bonds. The number of unbranched alkanes of at least 4 members (excludes halogenated alkanes) is 4. The molecular weight excluding hydrogens is 404 g/mol. The summed E-state index contributed by atoms with van der Waals surface area (Å²) in [4.78, 5) is 10.9. The second-order valence-electron chi connectivity index (χ2n) is 10.8. The summed E-state index contributed by atoms with van der Waals surface area (Å²) in [6.45, 7) is 11.2. The Hall–Kier alpha value is -2.09. The van der Waals surface area contributed by atoms with Crippen LogP contribution in [0.25, 0.3) is 11.1 Å². The van der Waals surface area contributed by atoms with Gasteiger partial charge in [-0.25, -0.2) is 4.79 Å². The average Bonchev–Trinajstić information content (AvgIpc) is 3.09. The molecule has 3 rings (SSSR count). The van der Waals surface area contributed by atoms with Crippen molar-refractivity contribution in [2.24, 2.45) is 11.8 Å². The van der Waals surface area contributed by atoms with E-state index in [0.717, 1.165) is 24.7 Å². The number of hydrogen-bond donors (Lipinski definition) is 0. The van der Waals surface area contributed by atoms with Crippen LogP contribution in [-0.4, -0.2) is 13.1 Å². The Balaban J connectivity index is 1.68. The van der Waals surface area contributed by atoms with Crippen molar-refractivity contribution in [1.82, 2.24) is 0 Å². The molecule has 1 aliphatic carbocycles. The molecule has 2 aromatic rings. The Morgan fingerprint density at radius 1 is 0.727 bits per heavy atom. The van der Waals surface area contributed by atoms with E-state index in [1.807, 2.05) is 0 Å². The number of carbonyl (C=O) groups excluding carboxylic acids is 1. The summed E-state index contributed by atoms with van der Waals surface area (Å²) in [5, 5.41) is 0. The molecule has 0 unspecified atom stereocenters. The van der Waals surface area contributed by atoms with Gasteiger partial charge in [-0.05, 0) is 70.9 Å². The third kappa shape index (κ3) is 7.45. The minimum atomic E-state index is 0.123. The van der Waals surface area contributed by atoms with Crippen molar-refractivity contribution in [2.45, 2.75) is 97.8 Å². The predicted molar refractivity (Wildman–Crippen MR) is 139 cm³/mol. The van der Waals surface area contributed by atoms with Crippen molar-refractivity contribution >= 4 is 6.47 Å². The van der Waals surface area contributed by atoms with E-state index in [1.54, 1.807) is 6.47 Å². The van der Waals surface area contributed by atoms with Gasteiger partial charge in [0.2, 0.25) is 0 Å². The van der Waals surface area contributed by atoms with Crippen LogP contribution in [0, 0.1) is 11.8 Å². The summed E-state index contributed by atoms with van der Waals surface area (Å²) in [5.41, 5.74) is 8.03. The van der Waals surface area contributed by atoms with Gasteiger partial charge >= 0.3 is 6.47 Å². The van der Waals surface area contributed by atoms with Gasteiger partial charge in [-0.3, -0.25) is 0 Å². The van der Waals surface area contributed by atoms with Gasteiger partial charge < -0.3 is 4.74 Å². The SMILES string of the molecule is CC(C)CCCCCc1ccc2c(c1)C(CO[C]=O)c1cc(CCCCCC(C)C)ccc1-2. The molecule has 33 heavy (non-hydrogen) atoms. The molecule has 0 atom stereocenters. The first-order valence-electron chi connectivity index (χ1n) is 13.2. The first-order valence-corrected chi connectivity index (χ1v) is 13.2.